The number of para-hydroxylation sites is 2. The number of halogens is 1. The van der Waals surface area contributed by atoms with Gasteiger partial charge < -0.3 is 19.5 Å². The normalized spacial score (nSPS) is 22.0. The number of H-pyrrole nitrogens is 2. The van der Waals surface area contributed by atoms with Crippen molar-refractivity contribution >= 4 is 33.3 Å². The molecule has 0 spiro atoms. The summed E-state index contributed by atoms with van der Waals surface area (Å²) in [5, 5.41) is 3.79. The number of anilines is 2. The van der Waals surface area contributed by atoms with Crippen LogP contribution < -0.4 is 25.7 Å². The molecule has 220 valence electrons. The second kappa shape index (κ2) is 9.98. The zero-order valence-corrected chi connectivity index (χ0v) is 23.8. The van der Waals surface area contributed by atoms with E-state index in [1.807, 2.05) is 30.3 Å². The number of hydrogen-bond acceptors (Lipinski definition) is 7. The molecule has 2 aromatic heterocycles. The molecule has 8 rings (SSSR count). The van der Waals surface area contributed by atoms with Crippen LogP contribution in [0.2, 0.25) is 0 Å². The number of fused-ring (bicyclic) bond motifs is 5. The lowest BCUT2D eigenvalue weighted by Gasteiger charge is -2.37. The van der Waals surface area contributed by atoms with Crippen molar-refractivity contribution in [3.8, 4) is 17.0 Å². The molecular formula is C32H32FN7O3. The molecule has 3 aromatic carbocycles. The summed E-state index contributed by atoms with van der Waals surface area (Å²) >= 11 is 0. The zero-order valence-electron chi connectivity index (χ0n) is 23.8. The van der Waals surface area contributed by atoms with Crippen molar-refractivity contribution in [2.75, 3.05) is 49.1 Å². The molecule has 2 unspecified atom stereocenters. The lowest BCUT2D eigenvalue weighted by atomic mass is 10.1. The van der Waals surface area contributed by atoms with E-state index in [0.29, 0.717) is 78.2 Å². The van der Waals surface area contributed by atoms with E-state index in [9.17, 15) is 14.0 Å². The van der Waals surface area contributed by atoms with Crippen LogP contribution in [0.1, 0.15) is 13.3 Å². The zero-order chi connectivity index (χ0) is 29.2. The Balaban J connectivity index is 1.23. The smallest absolute Gasteiger partial charge is 0.275 e. The Morgan fingerprint density at radius 3 is 2.60 bits per heavy atom. The molecule has 2 fully saturated rings. The molecule has 0 aliphatic carbocycles. The summed E-state index contributed by atoms with van der Waals surface area (Å²) < 4.78 is 22.8. The van der Waals surface area contributed by atoms with Crippen LogP contribution in [0.15, 0.2) is 64.2 Å². The molecule has 3 atom stereocenters. The van der Waals surface area contributed by atoms with Crippen LogP contribution in [-0.4, -0.2) is 76.1 Å². The molecule has 2 saturated heterocycles. The molecule has 0 radical (unpaired) electrons. The maximum absolute atomic E-state index is 14.4. The van der Waals surface area contributed by atoms with Crippen molar-refractivity contribution < 1.29 is 9.13 Å². The van der Waals surface area contributed by atoms with Crippen LogP contribution in [0.4, 0.5) is 15.8 Å². The first-order chi connectivity index (χ1) is 20.9. The van der Waals surface area contributed by atoms with Gasteiger partial charge in [0.25, 0.3) is 11.1 Å². The molecule has 3 aliphatic heterocycles. The van der Waals surface area contributed by atoms with E-state index >= 15 is 0 Å². The Labute approximate surface area is 246 Å². The highest BCUT2D eigenvalue weighted by molar-refractivity contribution is 5.94. The third-order valence-corrected chi connectivity index (χ3v) is 9.20. The summed E-state index contributed by atoms with van der Waals surface area (Å²) in [7, 11) is 0. The predicted octanol–water partition coefficient (Wildman–Crippen LogP) is 3.55. The van der Waals surface area contributed by atoms with Crippen LogP contribution in [0.5, 0.6) is 5.75 Å². The van der Waals surface area contributed by atoms with Crippen LogP contribution in [0.3, 0.4) is 0 Å². The summed E-state index contributed by atoms with van der Waals surface area (Å²) in [6.07, 6.45) is 0.776. The molecule has 0 saturated carbocycles. The Hall–Kier alpha value is -4.64. The molecular weight excluding hydrogens is 549 g/mol. The fourth-order valence-electron chi connectivity index (χ4n) is 6.90. The largest absolute Gasteiger partial charge is 0.487 e. The van der Waals surface area contributed by atoms with E-state index in [0.717, 1.165) is 18.7 Å². The number of benzene rings is 3. The first-order valence-electron chi connectivity index (χ1n) is 14.9. The monoisotopic (exact) mass is 581 g/mol. The number of ether oxygens (including phenoxy) is 1. The standard InChI is InChI=1S/C32H32FN7O3/c1-19-15-21-18-39(19)13-14-40-32(42)23-6-4-5-22(28(23)36-40)29-31(41)34-25-16-20(17-27(43-21)30(25)35-29)37-9-11-38(12-10-37)26-8-3-2-7-24(26)33/h2-8,16-17,19,21,36H,9-15,18H2,1H3,(H,34,41)/t19-,21?/m1/s1. The van der Waals surface area contributed by atoms with Gasteiger partial charge in [0, 0.05) is 69.0 Å². The van der Waals surface area contributed by atoms with Crippen molar-refractivity contribution in [1.82, 2.24) is 24.6 Å². The van der Waals surface area contributed by atoms with Crippen molar-refractivity contribution in [2.45, 2.75) is 32.0 Å². The van der Waals surface area contributed by atoms with Gasteiger partial charge >= 0.3 is 0 Å². The lowest BCUT2D eigenvalue weighted by molar-refractivity contribution is 0.195. The van der Waals surface area contributed by atoms with Crippen molar-refractivity contribution in [1.29, 1.82) is 0 Å². The first-order valence-corrected chi connectivity index (χ1v) is 14.9. The summed E-state index contributed by atoms with van der Waals surface area (Å²) in [4.78, 5) is 41.4. The SMILES string of the molecule is C[C@@H]1CC2CN1CCn1[nH]c3c(cccc3c1=O)-c1nc3c(cc(N4CCN(c5ccccc5F)CC4)cc3[nH]c1=O)O2. The molecule has 10 nitrogen and oxygen atoms in total. The molecule has 2 N–H and O–H groups in total. The molecule has 6 bridgehead atoms. The van der Waals surface area contributed by atoms with Gasteiger partial charge in [-0.05, 0) is 31.2 Å². The van der Waals surface area contributed by atoms with Gasteiger partial charge in [-0.1, -0.05) is 24.3 Å². The van der Waals surface area contributed by atoms with Gasteiger partial charge in [-0.3, -0.25) is 24.3 Å². The fraction of sp³-hybridized carbons (Fsp3) is 0.344. The Bertz CT molecular complexity index is 1990. The molecule has 43 heavy (non-hydrogen) atoms. The lowest BCUT2D eigenvalue weighted by Crippen LogP contribution is -2.46. The maximum Gasteiger partial charge on any atom is 0.275 e. The van der Waals surface area contributed by atoms with E-state index in [2.05, 4.69) is 31.7 Å². The summed E-state index contributed by atoms with van der Waals surface area (Å²) in [5.74, 6) is 0.406. The minimum atomic E-state index is -0.339. The third-order valence-electron chi connectivity index (χ3n) is 9.20. The van der Waals surface area contributed by atoms with Crippen LogP contribution in [0, 0.1) is 5.82 Å². The fourth-order valence-corrected chi connectivity index (χ4v) is 6.90. The second-order valence-corrected chi connectivity index (χ2v) is 11.8. The van der Waals surface area contributed by atoms with Crippen molar-refractivity contribution in [3.05, 3.63) is 81.1 Å². The maximum atomic E-state index is 14.4. The van der Waals surface area contributed by atoms with E-state index < -0.39 is 0 Å². The van der Waals surface area contributed by atoms with E-state index in [-0.39, 0.29) is 34.8 Å². The Morgan fingerprint density at radius 1 is 0.953 bits per heavy atom. The number of piperazine rings is 1. The average molecular weight is 582 g/mol. The van der Waals surface area contributed by atoms with E-state index in [4.69, 9.17) is 9.72 Å². The number of aromatic amines is 2. The first kappa shape index (κ1) is 26.0. The van der Waals surface area contributed by atoms with Crippen LogP contribution in [-0.2, 0) is 6.54 Å². The number of nitrogens with zero attached hydrogens (tertiary/aromatic N) is 5. The van der Waals surface area contributed by atoms with Crippen LogP contribution in [0.25, 0.3) is 33.2 Å². The van der Waals surface area contributed by atoms with Gasteiger partial charge in [0.15, 0.2) is 0 Å². The molecule has 3 aliphatic rings. The summed E-state index contributed by atoms with van der Waals surface area (Å²) in [6, 6.07) is 16.5. The summed E-state index contributed by atoms with van der Waals surface area (Å²) in [5.41, 5.74) is 3.67. The van der Waals surface area contributed by atoms with Gasteiger partial charge in [-0.25, -0.2) is 9.37 Å². The molecule has 0 amide bonds. The third kappa shape index (κ3) is 4.37. The molecule has 5 heterocycles. The van der Waals surface area contributed by atoms with Crippen molar-refractivity contribution in [3.63, 3.8) is 0 Å². The Morgan fingerprint density at radius 2 is 1.77 bits per heavy atom. The second-order valence-electron chi connectivity index (χ2n) is 11.8. The molecule has 11 heteroatoms. The topological polar surface area (TPSA) is 102 Å². The quantitative estimate of drug-likeness (QED) is 0.329. The van der Waals surface area contributed by atoms with Gasteiger partial charge in [-0.2, -0.15) is 0 Å². The molecule has 5 aromatic rings. The highest BCUT2D eigenvalue weighted by atomic mass is 19.1. The van der Waals surface area contributed by atoms with Crippen molar-refractivity contribution in [2.24, 2.45) is 0 Å². The predicted molar refractivity (Wildman–Crippen MR) is 165 cm³/mol. The number of aromatic nitrogens is 4. The van der Waals surface area contributed by atoms with Gasteiger partial charge in [0.2, 0.25) is 0 Å². The van der Waals surface area contributed by atoms with Gasteiger partial charge in [-0.15, -0.1) is 0 Å². The summed E-state index contributed by atoms with van der Waals surface area (Å²) in [6.45, 7) is 6.84. The highest BCUT2D eigenvalue weighted by Crippen LogP contribution is 2.35. The number of hydrogen-bond donors (Lipinski definition) is 2. The van der Waals surface area contributed by atoms with Gasteiger partial charge in [0.1, 0.15) is 28.9 Å². The minimum Gasteiger partial charge on any atom is -0.487 e. The highest BCUT2D eigenvalue weighted by Gasteiger charge is 2.32. The average Bonchev–Trinajstić information content (AvgIpc) is 3.53. The van der Waals surface area contributed by atoms with Gasteiger partial charge in [0.05, 0.1) is 28.7 Å². The number of rotatable bonds is 2. The Kier molecular flexibility index (Phi) is 6.04. The number of nitrogens with one attached hydrogen (secondary N) is 2. The van der Waals surface area contributed by atoms with E-state index in [1.165, 1.54) is 6.07 Å². The minimum absolute atomic E-state index is 0.0645. The van der Waals surface area contributed by atoms with E-state index in [1.54, 1.807) is 22.9 Å². The van der Waals surface area contributed by atoms with Crippen LogP contribution >= 0.6 is 0 Å².